The fourth-order valence-electron chi connectivity index (χ4n) is 5.02. The first-order valence-corrected chi connectivity index (χ1v) is 15.5. The van der Waals surface area contributed by atoms with Gasteiger partial charge in [-0.05, 0) is 74.7 Å². The van der Waals surface area contributed by atoms with Crippen molar-refractivity contribution in [3.63, 3.8) is 0 Å². The van der Waals surface area contributed by atoms with Crippen LogP contribution >= 0.6 is 11.6 Å². The SMILES string of the molecule is COc1ccc(S(=O)(=O)N(CC(=O)N(Cc2cccc(C)c2)C(C)C(=O)NC2CCCC2)c2cccc(Cl)c2)cc1. The first-order valence-electron chi connectivity index (χ1n) is 13.7. The van der Waals surface area contributed by atoms with Crippen LogP contribution in [0.15, 0.2) is 77.7 Å². The molecule has 3 aromatic rings. The average molecular weight is 598 g/mol. The van der Waals surface area contributed by atoms with Crippen molar-refractivity contribution in [1.29, 1.82) is 0 Å². The molecule has 1 N–H and O–H groups in total. The second-order valence-electron chi connectivity index (χ2n) is 10.3. The van der Waals surface area contributed by atoms with E-state index in [2.05, 4.69) is 5.32 Å². The van der Waals surface area contributed by atoms with Gasteiger partial charge in [-0.1, -0.05) is 60.3 Å². The lowest BCUT2D eigenvalue weighted by atomic mass is 10.1. The number of hydrogen-bond donors (Lipinski definition) is 1. The van der Waals surface area contributed by atoms with Crippen molar-refractivity contribution >= 4 is 39.1 Å². The zero-order chi connectivity index (χ0) is 29.6. The maximum absolute atomic E-state index is 14.0. The zero-order valence-corrected chi connectivity index (χ0v) is 25.1. The molecule has 1 aliphatic carbocycles. The fourth-order valence-corrected chi connectivity index (χ4v) is 6.61. The summed E-state index contributed by atoms with van der Waals surface area (Å²) in [4.78, 5) is 28.8. The first kappa shape index (κ1) is 30.4. The molecule has 1 saturated carbocycles. The number of sulfonamides is 1. The topological polar surface area (TPSA) is 96.0 Å². The molecule has 1 atom stereocenters. The third-order valence-corrected chi connectivity index (χ3v) is 9.35. The lowest BCUT2D eigenvalue weighted by Crippen LogP contribution is -2.52. The summed E-state index contributed by atoms with van der Waals surface area (Å²) in [7, 11) is -2.70. The van der Waals surface area contributed by atoms with Crippen LogP contribution in [0.1, 0.15) is 43.7 Å². The van der Waals surface area contributed by atoms with E-state index in [-0.39, 0.29) is 29.1 Å². The number of aryl methyl sites for hydroxylation is 1. The van der Waals surface area contributed by atoms with E-state index in [4.69, 9.17) is 16.3 Å². The molecule has 0 saturated heterocycles. The Bertz CT molecular complexity index is 1470. The van der Waals surface area contributed by atoms with Crippen molar-refractivity contribution in [2.24, 2.45) is 0 Å². The van der Waals surface area contributed by atoms with Gasteiger partial charge in [0.2, 0.25) is 11.8 Å². The van der Waals surface area contributed by atoms with Crippen LogP contribution in [0.4, 0.5) is 5.69 Å². The van der Waals surface area contributed by atoms with Gasteiger partial charge in [-0.15, -0.1) is 0 Å². The van der Waals surface area contributed by atoms with Gasteiger partial charge in [0.15, 0.2) is 0 Å². The smallest absolute Gasteiger partial charge is 0.264 e. The number of ether oxygens (including phenoxy) is 1. The molecule has 4 rings (SSSR count). The summed E-state index contributed by atoms with van der Waals surface area (Å²) in [6.45, 7) is 3.25. The minimum atomic E-state index is -4.20. The van der Waals surface area contributed by atoms with Crippen molar-refractivity contribution in [2.45, 2.75) is 63.1 Å². The van der Waals surface area contributed by atoms with E-state index in [1.807, 2.05) is 31.2 Å². The lowest BCUT2D eigenvalue weighted by Gasteiger charge is -2.32. The summed E-state index contributed by atoms with van der Waals surface area (Å²) >= 11 is 6.23. The van der Waals surface area contributed by atoms with E-state index in [1.54, 1.807) is 37.3 Å². The van der Waals surface area contributed by atoms with Crippen LogP contribution in [0, 0.1) is 6.92 Å². The molecule has 1 aliphatic rings. The molecule has 0 spiro atoms. The highest BCUT2D eigenvalue weighted by atomic mass is 35.5. The number of benzene rings is 3. The number of methoxy groups -OCH3 is 1. The van der Waals surface area contributed by atoms with E-state index >= 15 is 0 Å². The number of carbonyl (C=O) groups is 2. The Labute approximate surface area is 247 Å². The van der Waals surface area contributed by atoms with Crippen molar-refractivity contribution in [3.8, 4) is 5.75 Å². The predicted octanol–water partition coefficient (Wildman–Crippen LogP) is 5.33. The Kier molecular flexibility index (Phi) is 9.94. The van der Waals surface area contributed by atoms with Crippen molar-refractivity contribution in [3.05, 3.63) is 88.9 Å². The maximum atomic E-state index is 14.0. The molecular weight excluding hydrogens is 562 g/mol. The molecular formula is C31H36ClN3O5S. The van der Waals surface area contributed by atoms with E-state index in [9.17, 15) is 18.0 Å². The third kappa shape index (κ3) is 7.59. The highest BCUT2D eigenvalue weighted by Crippen LogP contribution is 2.28. The van der Waals surface area contributed by atoms with Gasteiger partial charge in [0.05, 0.1) is 17.7 Å². The summed E-state index contributed by atoms with van der Waals surface area (Å²) < 4.78 is 34.1. The zero-order valence-electron chi connectivity index (χ0n) is 23.5. The van der Waals surface area contributed by atoms with Gasteiger partial charge in [0, 0.05) is 17.6 Å². The minimum absolute atomic E-state index is 0.0108. The van der Waals surface area contributed by atoms with Crippen LogP contribution in [0.5, 0.6) is 5.75 Å². The van der Waals surface area contributed by atoms with Gasteiger partial charge in [0.25, 0.3) is 10.0 Å². The van der Waals surface area contributed by atoms with E-state index in [1.165, 1.54) is 30.2 Å². The summed E-state index contributed by atoms with van der Waals surface area (Å²) in [5, 5.41) is 3.40. The second kappa shape index (κ2) is 13.4. The van der Waals surface area contributed by atoms with Gasteiger partial charge < -0.3 is 15.0 Å². The Morgan fingerprint density at radius 3 is 2.34 bits per heavy atom. The second-order valence-corrected chi connectivity index (χ2v) is 12.6. The van der Waals surface area contributed by atoms with E-state index < -0.39 is 28.5 Å². The standard InChI is InChI=1S/C31H36ClN3O5S/c1-22-8-6-9-24(18-22)20-34(23(2)31(37)33-26-11-4-5-12-26)30(36)21-35(27-13-7-10-25(32)19-27)41(38,39)29-16-14-28(40-3)15-17-29/h6-10,13-19,23,26H,4-5,11-12,20-21H2,1-3H3,(H,33,37). The number of anilines is 1. The Hall–Kier alpha value is -3.56. The fraction of sp³-hybridized carbons (Fsp3) is 0.355. The molecule has 41 heavy (non-hydrogen) atoms. The maximum Gasteiger partial charge on any atom is 0.264 e. The summed E-state index contributed by atoms with van der Waals surface area (Å²) in [5.41, 5.74) is 2.09. The highest BCUT2D eigenvalue weighted by Gasteiger charge is 2.33. The molecule has 0 radical (unpaired) electrons. The number of hydrogen-bond acceptors (Lipinski definition) is 5. The third-order valence-electron chi connectivity index (χ3n) is 7.33. The molecule has 0 aliphatic heterocycles. The molecule has 10 heteroatoms. The largest absolute Gasteiger partial charge is 0.497 e. The molecule has 218 valence electrons. The van der Waals surface area contributed by atoms with Crippen molar-refractivity contribution in [1.82, 2.24) is 10.2 Å². The van der Waals surface area contributed by atoms with Gasteiger partial charge in [-0.3, -0.25) is 13.9 Å². The van der Waals surface area contributed by atoms with Gasteiger partial charge in [-0.2, -0.15) is 0 Å². The van der Waals surface area contributed by atoms with Gasteiger partial charge >= 0.3 is 0 Å². The Balaban J connectivity index is 1.69. The predicted molar refractivity (Wildman–Crippen MR) is 161 cm³/mol. The van der Waals surface area contributed by atoms with Gasteiger partial charge in [0.1, 0.15) is 18.3 Å². The molecule has 2 amide bonds. The quantitative estimate of drug-likeness (QED) is 0.322. The normalized spacial score (nSPS) is 14.3. The van der Waals surface area contributed by atoms with Crippen LogP contribution < -0.4 is 14.4 Å². The Morgan fingerprint density at radius 2 is 1.71 bits per heavy atom. The molecule has 0 heterocycles. The van der Waals surface area contributed by atoms with Crippen LogP contribution in [-0.2, 0) is 26.2 Å². The first-order chi connectivity index (χ1) is 19.6. The minimum Gasteiger partial charge on any atom is -0.497 e. The van der Waals surface area contributed by atoms with E-state index in [0.29, 0.717) is 10.8 Å². The van der Waals surface area contributed by atoms with Gasteiger partial charge in [-0.25, -0.2) is 8.42 Å². The van der Waals surface area contributed by atoms with Crippen LogP contribution in [0.2, 0.25) is 5.02 Å². The number of carbonyl (C=O) groups excluding carboxylic acids is 2. The summed E-state index contributed by atoms with van der Waals surface area (Å²) in [6.07, 6.45) is 3.94. The number of halogens is 1. The summed E-state index contributed by atoms with van der Waals surface area (Å²) in [6, 6.07) is 19.2. The van der Waals surface area contributed by atoms with Crippen molar-refractivity contribution < 1.29 is 22.7 Å². The summed E-state index contributed by atoms with van der Waals surface area (Å²) in [5.74, 6) is -0.274. The van der Waals surface area contributed by atoms with E-state index in [0.717, 1.165) is 41.1 Å². The molecule has 0 bridgehead atoms. The van der Waals surface area contributed by atoms with Crippen LogP contribution in [0.3, 0.4) is 0 Å². The van der Waals surface area contributed by atoms with Crippen molar-refractivity contribution in [2.75, 3.05) is 18.0 Å². The molecule has 1 fully saturated rings. The number of nitrogens with one attached hydrogen (secondary N) is 1. The van der Waals surface area contributed by atoms with Crippen LogP contribution in [0.25, 0.3) is 0 Å². The van der Waals surface area contributed by atoms with Crippen LogP contribution in [-0.4, -0.2) is 50.9 Å². The molecule has 1 unspecified atom stereocenters. The number of rotatable bonds is 11. The monoisotopic (exact) mass is 597 g/mol. The highest BCUT2D eigenvalue weighted by molar-refractivity contribution is 7.92. The Morgan fingerprint density at radius 1 is 1.02 bits per heavy atom. The average Bonchev–Trinajstić information content (AvgIpc) is 3.47. The molecule has 0 aromatic heterocycles. The number of nitrogens with zero attached hydrogens (tertiary/aromatic N) is 2. The lowest BCUT2D eigenvalue weighted by molar-refractivity contribution is -0.139. The molecule has 3 aromatic carbocycles. The molecule has 8 nitrogen and oxygen atoms in total. The number of amides is 2.